The van der Waals surface area contributed by atoms with Crippen molar-refractivity contribution in [3.8, 4) is 5.82 Å². The fourth-order valence-electron chi connectivity index (χ4n) is 2.38. The summed E-state index contributed by atoms with van der Waals surface area (Å²) in [6, 6.07) is 13.5. The number of nitrogens with zero attached hydrogens (tertiary/aromatic N) is 3. The average Bonchev–Trinajstić information content (AvgIpc) is 2.71. The molecule has 4 nitrogen and oxygen atoms in total. The van der Waals surface area contributed by atoms with E-state index in [0.717, 1.165) is 11.0 Å². The zero-order valence-corrected chi connectivity index (χ0v) is 10.9. The molecule has 96 valence electrons. The lowest BCUT2D eigenvalue weighted by Crippen LogP contribution is -2.25. The molecule has 0 bridgehead atoms. The van der Waals surface area contributed by atoms with Gasteiger partial charge in [0.05, 0.1) is 11.0 Å². The molecule has 2 heterocycles. The van der Waals surface area contributed by atoms with Crippen LogP contribution < -0.4 is 5.69 Å². The van der Waals surface area contributed by atoms with Crippen LogP contribution in [0.1, 0.15) is 19.9 Å². The summed E-state index contributed by atoms with van der Waals surface area (Å²) in [5, 5.41) is 0. The molecule has 0 atom stereocenters. The van der Waals surface area contributed by atoms with Gasteiger partial charge in [0.15, 0.2) is 0 Å². The topological polar surface area (TPSA) is 39.8 Å². The quantitative estimate of drug-likeness (QED) is 0.704. The smallest absolute Gasteiger partial charge is 0.289 e. The molecule has 0 fully saturated rings. The largest absolute Gasteiger partial charge is 0.335 e. The molecule has 0 unspecified atom stereocenters. The highest BCUT2D eigenvalue weighted by Gasteiger charge is 2.16. The van der Waals surface area contributed by atoms with Crippen molar-refractivity contribution >= 4 is 11.0 Å². The van der Waals surface area contributed by atoms with Crippen LogP contribution in [0.15, 0.2) is 53.5 Å². The van der Waals surface area contributed by atoms with Crippen molar-refractivity contribution in [2.45, 2.75) is 19.9 Å². The molecule has 0 aliphatic heterocycles. The number of hydrogen-bond donors (Lipinski definition) is 0. The minimum atomic E-state index is -0.0464. The summed E-state index contributed by atoms with van der Waals surface area (Å²) in [5.41, 5.74) is 1.78. The maximum Gasteiger partial charge on any atom is 0.335 e. The van der Waals surface area contributed by atoms with Gasteiger partial charge in [0.2, 0.25) is 0 Å². The van der Waals surface area contributed by atoms with Crippen LogP contribution in [0.2, 0.25) is 0 Å². The van der Waals surface area contributed by atoms with Gasteiger partial charge in [0.25, 0.3) is 0 Å². The van der Waals surface area contributed by atoms with E-state index >= 15 is 0 Å². The van der Waals surface area contributed by atoms with Crippen LogP contribution in [0, 0.1) is 0 Å². The van der Waals surface area contributed by atoms with Gasteiger partial charge in [-0.2, -0.15) is 0 Å². The predicted octanol–water partition coefficient (Wildman–Crippen LogP) is 2.77. The molecule has 0 aliphatic rings. The van der Waals surface area contributed by atoms with Crippen molar-refractivity contribution in [2.75, 3.05) is 0 Å². The molecule has 0 N–H and O–H groups in total. The van der Waals surface area contributed by atoms with Crippen LogP contribution in [-0.2, 0) is 0 Å². The van der Waals surface area contributed by atoms with Crippen LogP contribution in [0.4, 0.5) is 0 Å². The first kappa shape index (κ1) is 11.7. The van der Waals surface area contributed by atoms with E-state index in [1.165, 1.54) is 0 Å². The van der Waals surface area contributed by atoms with E-state index in [2.05, 4.69) is 4.98 Å². The maximum absolute atomic E-state index is 12.6. The van der Waals surface area contributed by atoms with E-state index in [1.54, 1.807) is 15.3 Å². The zero-order valence-electron chi connectivity index (χ0n) is 10.9. The molecular weight excluding hydrogens is 238 g/mol. The second-order valence-corrected chi connectivity index (χ2v) is 4.76. The number of aromatic nitrogens is 3. The van der Waals surface area contributed by atoms with Gasteiger partial charge in [0.1, 0.15) is 5.82 Å². The Balaban J connectivity index is 2.44. The summed E-state index contributed by atoms with van der Waals surface area (Å²) in [7, 11) is 0. The van der Waals surface area contributed by atoms with Gasteiger partial charge in [-0.15, -0.1) is 0 Å². The Morgan fingerprint density at radius 2 is 1.68 bits per heavy atom. The van der Waals surface area contributed by atoms with Crippen LogP contribution in [0.5, 0.6) is 0 Å². The Morgan fingerprint density at radius 1 is 1.00 bits per heavy atom. The third-order valence-corrected chi connectivity index (χ3v) is 3.17. The van der Waals surface area contributed by atoms with E-state index in [-0.39, 0.29) is 11.7 Å². The van der Waals surface area contributed by atoms with E-state index in [1.807, 2.05) is 56.3 Å². The fraction of sp³-hybridized carbons (Fsp3) is 0.200. The number of benzene rings is 1. The van der Waals surface area contributed by atoms with Gasteiger partial charge in [-0.05, 0) is 38.1 Å². The Bertz CT molecular complexity index is 769. The normalized spacial score (nSPS) is 11.3. The molecule has 0 aliphatic carbocycles. The summed E-state index contributed by atoms with van der Waals surface area (Å²) in [5.74, 6) is 0.656. The second-order valence-electron chi connectivity index (χ2n) is 4.76. The van der Waals surface area contributed by atoms with Gasteiger partial charge in [-0.3, -0.25) is 4.57 Å². The van der Waals surface area contributed by atoms with Gasteiger partial charge < -0.3 is 0 Å². The van der Waals surface area contributed by atoms with Crippen molar-refractivity contribution in [2.24, 2.45) is 0 Å². The van der Waals surface area contributed by atoms with Gasteiger partial charge in [0, 0.05) is 12.2 Å². The van der Waals surface area contributed by atoms with Crippen LogP contribution >= 0.6 is 0 Å². The van der Waals surface area contributed by atoms with Crippen molar-refractivity contribution in [3.63, 3.8) is 0 Å². The molecule has 0 amide bonds. The number of hydrogen-bond acceptors (Lipinski definition) is 2. The van der Waals surface area contributed by atoms with Crippen molar-refractivity contribution in [3.05, 3.63) is 59.1 Å². The molecule has 0 saturated carbocycles. The average molecular weight is 253 g/mol. The summed E-state index contributed by atoms with van der Waals surface area (Å²) in [4.78, 5) is 16.9. The van der Waals surface area contributed by atoms with Gasteiger partial charge in [-0.1, -0.05) is 18.2 Å². The van der Waals surface area contributed by atoms with Crippen molar-refractivity contribution in [1.82, 2.24) is 14.1 Å². The number of fused-ring (bicyclic) bond motifs is 1. The van der Waals surface area contributed by atoms with Gasteiger partial charge in [-0.25, -0.2) is 14.3 Å². The first-order valence-corrected chi connectivity index (χ1v) is 6.33. The Hall–Kier alpha value is -2.36. The Labute approximate surface area is 110 Å². The molecule has 3 aromatic rings. The number of rotatable bonds is 2. The van der Waals surface area contributed by atoms with E-state index in [0.29, 0.717) is 5.82 Å². The highest BCUT2D eigenvalue weighted by atomic mass is 16.1. The lowest BCUT2D eigenvalue weighted by atomic mass is 10.3. The zero-order chi connectivity index (χ0) is 13.4. The molecule has 1 aromatic carbocycles. The predicted molar refractivity (Wildman–Crippen MR) is 75.7 cm³/mol. The highest BCUT2D eigenvalue weighted by molar-refractivity contribution is 5.77. The van der Waals surface area contributed by atoms with Crippen LogP contribution in [0.25, 0.3) is 16.9 Å². The summed E-state index contributed by atoms with van der Waals surface area (Å²) in [6.07, 6.45) is 1.70. The minimum Gasteiger partial charge on any atom is -0.289 e. The lowest BCUT2D eigenvalue weighted by molar-refractivity contribution is 0.589. The molecule has 2 aromatic heterocycles. The lowest BCUT2D eigenvalue weighted by Gasteiger charge is -2.05. The molecule has 0 saturated heterocycles. The second kappa shape index (κ2) is 4.39. The Morgan fingerprint density at radius 3 is 2.32 bits per heavy atom. The first-order valence-electron chi connectivity index (χ1n) is 6.33. The summed E-state index contributed by atoms with van der Waals surface area (Å²) in [6.45, 7) is 4.02. The molecule has 0 spiro atoms. The van der Waals surface area contributed by atoms with Crippen molar-refractivity contribution in [1.29, 1.82) is 0 Å². The first-order chi connectivity index (χ1) is 9.20. The van der Waals surface area contributed by atoms with E-state index in [9.17, 15) is 4.79 Å². The number of pyridine rings is 1. The third-order valence-electron chi connectivity index (χ3n) is 3.17. The fourth-order valence-corrected chi connectivity index (χ4v) is 2.38. The summed E-state index contributed by atoms with van der Waals surface area (Å²) < 4.78 is 3.46. The SMILES string of the molecule is CC(C)n1c(=O)n(-c2ccccn2)c2ccccc21. The standard InChI is InChI=1S/C15H15N3O/c1-11(2)17-12-7-3-4-8-13(12)18(15(17)19)14-9-5-6-10-16-14/h3-11H,1-2H3. The van der Waals surface area contributed by atoms with E-state index in [4.69, 9.17) is 0 Å². The summed E-state index contributed by atoms with van der Waals surface area (Å²) >= 11 is 0. The molecule has 0 radical (unpaired) electrons. The molecular formula is C15H15N3O. The monoisotopic (exact) mass is 253 g/mol. The molecule has 4 heteroatoms. The Kier molecular flexibility index (Phi) is 2.71. The van der Waals surface area contributed by atoms with Crippen molar-refractivity contribution < 1.29 is 0 Å². The van der Waals surface area contributed by atoms with Crippen LogP contribution in [0.3, 0.4) is 0 Å². The maximum atomic E-state index is 12.6. The number of imidazole rings is 1. The van der Waals surface area contributed by atoms with Crippen LogP contribution in [-0.4, -0.2) is 14.1 Å². The number of para-hydroxylation sites is 2. The van der Waals surface area contributed by atoms with Gasteiger partial charge >= 0.3 is 5.69 Å². The molecule has 19 heavy (non-hydrogen) atoms. The van der Waals surface area contributed by atoms with E-state index < -0.39 is 0 Å². The minimum absolute atomic E-state index is 0.0464. The molecule has 3 rings (SSSR count). The third kappa shape index (κ3) is 1.76. The highest BCUT2D eigenvalue weighted by Crippen LogP contribution is 2.19.